The van der Waals surface area contributed by atoms with Crippen molar-refractivity contribution < 1.29 is 33.5 Å². The standard InChI is InChI=1S/C25H28ClFN4O6/c1-36-25(34)31-15-18(37-17-7-8-21(27)20(26)14-17)13-19(23(32)28-35)22(31)24(33)30-11-9-29(10-12-30)16-5-3-2-4-6-16/h2-8,14,18-19,22,35H,9-13,15H2,1H3,(H,28,32)/t18-,19-,22-/m0/s1. The first-order valence-electron chi connectivity index (χ1n) is 11.8. The largest absolute Gasteiger partial charge is 0.489 e. The van der Waals surface area contributed by atoms with Gasteiger partial charge < -0.3 is 19.3 Å². The second-order valence-corrected chi connectivity index (χ2v) is 9.26. The summed E-state index contributed by atoms with van der Waals surface area (Å²) in [5.41, 5.74) is 2.65. The Balaban J connectivity index is 1.54. The predicted octanol–water partition coefficient (Wildman–Crippen LogP) is 2.54. The van der Waals surface area contributed by atoms with E-state index in [1.54, 1.807) is 10.4 Å². The summed E-state index contributed by atoms with van der Waals surface area (Å²) in [5, 5.41) is 9.27. The van der Waals surface area contributed by atoms with Gasteiger partial charge in [-0.25, -0.2) is 14.7 Å². The number of hydrogen-bond acceptors (Lipinski definition) is 7. The first-order valence-corrected chi connectivity index (χ1v) is 12.2. The smallest absolute Gasteiger partial charge is 0.410 e. The van der Waals surface area contributed by atoms with Gasteiger partial charge in [0.25, 0.3) is 0 Å². The zero-order valence-electron chi connectivity index (χ0n) is 20.2. The van der Waals surface area contributed by atoms with Crippen molar-refractivity contribution >= 4 is 35.2 Å². The van der Waals surface area contributed by atoms with Gasteiger partial charge in [-0.1, -0.05) is 29.8 Å². The van der Waals surface area contributed by atoms with Gasteiger partial charge in [-0.15, -0.1) is 0 Å². The second kappa shape index (κ2) is 11.7. The molecule has 2 heterocycles. The lowest BCUT2D eigenvalue weighted by Gasteiger charge is -2.45. The molecule has 0 bridgehead atoms. The Bertz CT molecular complexity index is 1110. The van der Waals surface area contributed by atoms with Gasteiger partial charge in [0.2, 0.25) is 11.8 Å². The number of piperidine rings is 1. The van der Waals surface area contributed by atoms with Gasteiger partial charge in [0, 0.05) is 44.4 Å². The molecule has 12 heteroatoms. The molecule has 37 heavy (non-hydrogen) atoms. The van der Waals surface area contributed by atoms with Crippen LogP contribution < -0.4 is 15.1 Å². The molecule has 198 valence electrons. The third-order valence-corrected chi connectivity index (χ3v) is 6.94. The van der Waals surface area contributed by atoms with Crippen molar-refractivity contribution in [3.63, 3.8) is 0 Å². The molecular weight excluding hydrogens is 507 g/mol. The van der Waals surface area contributed by atoms with E-state index in [-0.39, 0.29) is 23.7 Å². The predicted molar refractivity (Wildman–Crippen MR) is 132 cm³/mol. The molecule has 0 radical (unpaired) electrons. The van der Waals surface area contributed by atoms with Crippen molar-refractivity contribution in [1.82, 2.24) is 15.3 Å². The number of benzene rings is 2. The Morgan fingerprint density at radius 1 is 1.08 bits per heavy atom. The lowest BCUT2D eigenvalue weighted by atomic mass is 9.86. The van der Waals surface area contributed by atoms with Crippen molar-refractivity contribution in [2.24, 2.45) is 5.92 Å². The second-order valence-electron chi connectivity index (χ2n) is 8.85. The number of anilines is 1. The Labute approximate surface area is 218 Å². The molecule has 10 nitrogen and oxygen atoms in total. The van der Waals surface area contributed by atoms with Gasteiger partial charge in [0.1, 0.15) is 23.7 Å². The summed E-state index contributed by atoms with van der Waals surface area (Å²) < 4.78 is 24.4. The first-order chi connectivity index (χ1) is 17.8. The summed E-state index contributed by atoms with van der Waals surface area (Å²) in [5.74, 6) is -2.77. The summed E-state index contributed by atoms with van der Waals surface area (Å²) in [6.07, 6.45) is -1.57. The maximum Gasteiger partial charge on any atom is 0.410 e. The molecule has 3 atom stereocenters. The highest BCUT2D eigenvalue weighted by Gasteiger charge is 2.49. The molecule has 0 spiro atoms. The Hall–Kier alpha value is -3.57. The summed E-state index contributed by atoms with van der Waals surface area (Å²) in [7, 11) is 1.17. The lowest BCUT2D eigenvalue weighted by molar-refractivity contribution is -0.151. The fourth-order valence-electron chi connectivity index (χ4n) is 4.82. The van der Waals surface area contributed by atoms with E-state index >= 15 is 0 Å². The number of hydrogen-bond donors (Lipinski definition) is 2. The number of para-hydroxylation sites is 1. The summed E-state index contributed by atoms with van der Waals surface area (Å²) in [6.45, 7) is 1.86. The van der Waals surface area contributed by atoms with Crippen LogP contribution in [0.25, 0.3) is 0 Å². The molecule has 2 saturated heterocycles. The van der Waals surface area contributed by atoms with Crippen molar-refractivity contribution in [3.05, 3.63) is 59.4 Å². The van der Waals surface area contributed by atoms with E-state index < -0.39 is 41.8 Å². The van der Waals surface area contributed by atoms with Gasteiger partial charge in [0.15, 0.2) is 0 Å². The molecule has 2 aromatic rings. The average Bonchev–Trinajstić information content (AvgIpc) is 2.94. The molecule has 0 saturated carbocycles. The van der Waals surface area contributed by atoms with E-state index in [0.717, 1.165) is 16.7 Å². The van der Waals surface area contributed by atoms with Gasteiger partial charge in [-0.05, 0) is 24.3 Å². The molecule has 2 aliphatic heterocycles. The maximum absolute atomic E-state index is 13.7. The number of halogens is 2. The zero-order valence-corrected chi connectivity index (χ0v) is 20.9. The third-order valence-electron chi connectivity index (χ3n) is 6.65. The SMILES string of the molecule is COC(=O)N1C[C@@H](Oc2ccc(F)c(Cl)c2)C[C@H](C(=O)NO)[C@H]1C(=O)N1CCN(c2ccccc2)CC1. The number of nitrogens with one attached hydrogen (secondary N) is 1. The fraction of sp³-hybridized carbons (Fsp3) is 0.400. The summed E-state index contributed by atoms with van der Waals surface area (Å²) in [6, 6.07) is 12.4. The molecule has 4 rings (SSSR count). The number of hydroxylamine groups is 1. The number of ether oxygens (including phenoxy) is 2. The number of likely N-dealkylation sites (tertiary alicyclic amines) is 1. The maximum atomic E-state index is 13.7. The molecular formula is C25H28ClFN4O6. The third kappa shape index (κ3) is 5.89. The normalized spacial score (nSPS) is 21.8. The summed E-state index contributed by atoms with van der Waals surface area (Å²) >= 11 is 5.84. The minimum atomic E-state index is -1.21. The van der Waals surface area contributed by atoms with Crippen LogP contribution in [0.5, 0.6) is 5.75 Å². The van der Waals surface area contributed by atoms with Crippen molar-refractivity contribution in [2.75, 3.05) is 44.7 Å². The molecule has 3 amide bonds. The Kier molecular flexibility index (Phi) is 8.34. The summed E-state index contributed by atoms with van der Waals surface area (Å²) in [4.78, 5) is 44.1. The van der Waals surface area contributed by atoms with Crippen LogP contribution in [0.4, 0.5) is 14.9 Å². The van der Waals surface area contributed by atoms with Gasteiger partial charge in [-0.3, -0.25) is 19.7 Å². The fourth-order valence-corrected chi connectivity index (χ4v) is 4.99. The zero-order chi connectivity index (χ0) is 26.5. The van der Waals surface area contributed by atoms with E-state index in [1.165, 1.54) is 19.2 Å². The molecule has 0 aliphatic carbocycles. The number of piperazine rings is 1. The van der Waals surface area contributed by atoms with Crippen molar-refractivity contribution in [3.8, 4) is 5.75 Å². The van der Waals surface area contributed by atoms with Crippen LogP contribution >= 0.6 is 11.6 Å². The van der Waals surface area contributed by atoms with E-state index in [2.05, 4.69) is 4.90 Å². The number of methoxy groups -OCH3 is 1. The molecule has 2 N–H and O–H groups in total. The highest BCUT2D eigenvalue weighted by atomic mass is 35.5. The number of carbonyl (C=O) groups excluding carboxylic acids is 3. The minimum absolute atomic E-state index is 0.00920. The molecule has 0 unspecified atom stereocenters. The first kappa shape index (κ1) is 26.5. The van der Waals surface area contributed by atoms with E-state index in [1.807, 2.05) is 30.3 Å². The van der Waals surface area contributed by atoms with Crippen molar-refractivity contribution in [1.29, 1.82) is 0 Å². The average molecular weight is 535 g/mol. The van der Waals surface area contributed by atoms with E-state index in [4.69, 9.17) is 21.1 Å². The van der Waals surface area contributed by atoms with Crippen LogP contribution in [0.1, 0.15) is 6.42 Å². The van der Waals surface area contributed by atoms with Crippen LogP contribution in [0, 0.1) is 11.7 Å². The van der Waals surface area contributed by atoms with Gasteiger partial charge >= 0.3 is 6.09 Å². The van der Waals surface area contributed by atoms with Crippen LogP contribution in [0.3, 0.4) is 0 Å². The number of amides is 3. The highest BCUT2D eigenvalue weighted by molar-refractivity contribution is 6.30. The monoisotopic (exact) mass is 534 g/mol. The lowest BCUT2D eigenvalue weighted by Crippen LogP contribution is -2.64. The number of rotatable bonds is 5. The Morgan fingerprint density at radius 3 is 2.41 bits per heavy atom. The number of carbonyl (C=O) groups is 3. The molecule has 2 aromatic carbocycles. The van der Waals surface area contributed by atoms with Crippen LogP contribution in [-0.4, -0.2) is 84.9 Å². The van der Waals surface area contributed by atoms with Crippen LogP contribution in [-0.2, 0) is 14.3 Å². The van der Waals surface area contributed by atoms with Crippen LogP contribution in [0.2, 0.25) is 5.02 Å². The quantitative estimate of drug-likeness (QED) is 0.448. The van der Waals surface area contributed by atoms with Crippen molar-refractivity contribution in [2.45, 2.75) is 18.6 Å². The van der Waals surface area contributed by atoms with Gasteiger partial charge in [-0.2, -0.15) is 0 Å². The van der Waals surface area contributed by atoms with Gasteiger partial charge in [0.05, 0.1) is 24.6 Å². The minimum Gasteiger partial charge on any atom is -0.489 e. The highest BCUT2D eigenvalue weighted by Crippen LogP contribution is 2.31. The molecule has 2 fully saturated rings. The molecule has 0 aromatic heterocycles. The molecule has 2 aliphatic rings. The Morgan fingerprint density at radius 2 is 1.78 bits per heavy atom. The van der Waals surface area contributed by atoms with E-state index in [9.17, 15) is 24.0 Å². The van der Waals surface area contributed by atoms with Crippen LogP contribution in [0.15, 0.2) is 48.5 Å². The topological polar surface area (TPSA) is 112 Å². The van der Waals surface area contributed by atoms with E-state index in [0.29, 0.717) is 26.2 Å². The number of nitrogens with zero attached hydrogens (tertiary/aromatic N) is 3.